The minimum atomic E-state index is -0.551. The molecule has 1 atom stereocenters. The number of likely N-dealkylation sites (tertiary alicyclic amines) is 1. The minimum absolute atomic E-state index is 0.137. The van der Waals surface area contributed by atoms with Crippen LogP contribution < -0.4 is 10.5 Å². The van der Waals surface area contributed by atoms with E-state index in [4.69, 9.17) is 22.1 Å². The van der Waals surface area contributed by atoms with Gasteiger partial charge in [0.1, 0.15) is 11.4 Å². The molecule has 2 amide bonds. The van der Waals surface area contributed by atoms with Gasteiger partial charge in [0.2, 0.25) is 5.91 Å². The van der Waals surface area contributed by atoms with Crippen molar-refractivity contribution in [2.75, 3.05) is 19.7 Å². The molecule has 0 bridgehead atoms. The summed E-state index contributed by atoms with van der Waals surface area (Å²) in [7, 11) is 0. The van der Waals surface area contributed by atoms with Gasteiger partial charge in [0.15, 0.2) is 0 Å². The Balaban J connectivity index is 1.76. The van der Waals surface area contributed by atoms with Gasteiger partial charge in [0.25, 0.3) is 5.91 Å². The molecule has 27 heavy (non-hydrogen) atoms. The number of carbonyl (C=O) groups excluding carboxylic acids is 2. The molecule has 2 aromatic rings. The quantitative estimate of drug-likeness (QED) is 0.818. The van der Waals surface area contributed by atoms with Crippen molar-refractivity contribution in [2.45, 2.75) is 19.3 Å². The van der Waals surface area contributed by atoms with Crippen LogP contribution in [0.25, 0.3) is 0 Å². The maximum absolute atomic E-state index is 12.7. The Bertz CT molecular complexity index is 818. The summed E-state index contributed by atoms with van der Waals surface area (Å²) in [6.07, 6.45) is 6.06. The van der Waals surface area contributed by atoms with E-state index in [1.54, 1.807) is 29.2 Å². The second kappa shape index (κ2) is 8.35. The zero-order valence-electron chi connectivity index (χ0n) is 14.8. The number of amides is 2. The van der Waals surface area contributed by atoms with Crippen LogP contribution in [0.4, 0.5) is 0 Å². The fourth-order valence-electron chi connectivity index (χ4n) is 3.43. The number of aromatic nitrogens is 2. The number of rotatable bonds is 6. The Morgan fingerprint density at radius 3 is 2.89 bits per heavy atom. The zero-order chi connectivity index (χ0) is 19.3. The molecular formula is C19H21ClN4O3. The van der Waals surface area contributed by atoms with Gasteiger partial charge in [0.05, 0.1) is 12.8 Å². The third kappa shape index (κ3) is 4.95. The number of piperidine rings is 1. The van der Waals surface area contributed by atoms with E-state index in [1.807, 2.05) is 0 Å². The number of carbonyl (C=O) groups is 2. The van der Waals surface area contributed by atoms with E-state index in [0.29, 0.717) is 23.9 Å². The predicted molar refractivity (Wildman–Crippen MR) is 100 cm³/mol. The van der Waals surface area contributed by atoms with Crippen LogP contribution in [0, 0.1) is 5.41 Å². The summed E-state index contributed by atoms with van der Waals surface area (Å²) in [5.41, 5.74) is 5.22. The predicted octanol–water partition coefficient (Wildman–Crippen LogP) is 2.31. The third-order valence-electron chi connectivity index (χ3n) is 4.62. The molecular weight excluding hydrogens is 368 g/mol. The maximum atomic E-state index is 12.7. The highest BCUT2D eigenvalue weighted by Gasteiger charge is 2.40. The van der Waals surface area contributed by atoms with Crippen LogP contribution in [0.1, 0.15) is 29.8 Å². The van der Waals surface area contributed by atoms with E-state index >= 15 is 0 Å². The van der Waals surface area contributed by atoms with Gasteiger partial charge >= 0.3 is 0 Å². The molecule has 1 unspecified atom stereocenters. The molecule has 1 aromatic heterocycles. The monoisotopic (exact) mass is 388 g/mol. The lowest BCUT2D eigenvalue weighted by Gasteiger charge is -2.42. The SMILES string of the molecule is NC(=O)CC1(COc2cccc(Cl)c2)CCCN(C(=O)c2cnccn2)C1. The van der Waals surface area contributed by atoms with Gasteiger partial charge in [-0.2, -0.15) is 0 Å². The van der Waals surface area contributed by atoms with Gasteiger partial charge in [-0.25, -0.2) is 4.98 Å². The van der Waals surface area contributed by atoms with Crippen molar-refractivity contribution in [3.8, 4) is 5.75 Å². The van der Waals surface area contributed by atoms with Crippen molar-refractivity contribution in [1.29, 1.82) is 0 Å². The standard InChI is InChI=1S/C19H21ClN4O3/c20-14-3-1-4-15(9-14)27-13-19(10-17(21)25)5-2-8-24(12-19)18(26)16-11-22-6-7-23-16/h1,3-4,6-7,9,11H,2,5,8,10,12-13H2,(H2,21,25). The average Bonchev–Trinajstić information content (AvgIpc) is 2.66. The molecule has 0 spiro atoms. The minimum Gasteiger partial charge on any atom is -0.493 e. The smallest absolute Gasteiger partial charge is 0.274 e. The van der Waals surface area contributed by atoms with Crippen molar-refractivity contribution in [3.05, 3.63) is 53.6 Å². The van der Waals surface area contributed by atoms with Gasteiger partial charge in [-0.3, -0.25) is 14.6 Å². The van der Waals surface area contributed by atoms with Crippen LogP contribution >= 0.6 is 11.6 Å². The van der Waals surface area contributed by atoms with Crippen molar-refractivity contribution in [2.24, 2.45) is 11.1 Å². The second-order valence-electron chi connectivity index (χ2n) is 6.81. The Kier molecular flexibility index (Phi) is 5.91. The molecule has 1 aromatic carbocycles. The first-order valence-corrected chi connectivity index (χ1v) is 9.07. The van der Waals surface area contributed by atoms with Crippen molar-refractivity contribution >= 4 is 23.4 Å². The van der Waals surface area contributed by atoms with Gasteiger partial charge < -0.3 is 15.4 Å². The Labute approximate surface area is 162 Å². The molecule has 0 aliphatic carbocycles. The lowest BCUT2D eigenvalue weighted by Crippen LogP contribution is -2.50. The zero-order valence-corrected chi connectivity index (χ0v) is 15.6. The Morgan fingerprint density at radius 1 is 1.33 bits per heavy atom. The number of hydrogen-bond donors (Lipinski definition) is 1. The average molecular weight is 389 g/mol. The van der Waals surface area contributed by atoms with E-state index in [9.17, 15) is 9.59 Å². The number of benzene rings is 1. The van der Waals surface area contributed by atoms with Crippen LogP contribution in [0.3, 0.4) is 0 Å². The topological polar surface area (TPSA) is 98.4 Å². The van der Waals surface area contributed by atoms with Crippen molar-refractivity contribution in [1.82, 2.24) is 14.9 Å². The van der Waals surface area contributed by atoms with Gasteiger partial charge in [-0.05, 0) is 31.0 Å². The first-order chi connectivity index (χ1) is 13.0. The van der Waals surface area contributed by atoms with Crippen LogP contribution in [-0.2, 0) is 4.79 Å². The van der Waals surface area contributed by atoms with E-state index in [0.717, 1.165) is 12.8 Å². The van der Waals surface area contributed by atoms with Crippen LogP contribution in [0.15, 0.2) is 42.9 Å². The summed E-state index contributed by atoms with van der Waals surface area (Å²) < 4.78 is 5.91. The number of primary amides is 1. The fourth-order valence-corrected chi connectivity index (χ4v) is 3.61. The summed E-state index contributed by atoms with van der Waals surface area (Å²) in [6.45, 7) is 1.22. The number of nitrogens with zero attached hydrogens (tertiary/aromatic N) is 3. The molecule has 2 heterocycles. The molecule has 3 rings (SSSR count). The van der Waals surface area contributed by atoms with Gasteiger partial charge in [-0.1, -0.05) is 17.7 Å². The van der Waals surface area contributed by atoms with Crippen LogP contribution in [-0.4, -0.2) is 46.4 Å². The van der Waals surface area contributed by atoms with Crippen molar-refractivity contribution < 1.29 is 14.3 Å². The summed E-state index contributed by atoms with van der Waals surface area (Å²) in [4.78, 5) is 34.2. The molecule has 1 fully saturated rings. The van der Waals surface area contributed by atoms with E-state index in [1.165, 1.54) is 18.6 Å². The summed E-state index contributed by atoms with van der Waals surface area (Å²) in [5.74, 6) is -0.0124. The number of hydrogen-bond acceptors (Lipinski definition) is 5. The second-order valence-corrected chi connectivity index (χ2v) is 7.25. The highest BCUT2D eigenvalue weighted by atomic mass is 35.5. The lowest BCUT2D eigenvalue weighted by molar-refractivity contribution is -0.122. The van der Waals surface area contributed by atoms with Crippen LogP contribution in [0.2, 0.25) is 5.02 Å². The van der Waals surface area contributed by atoms with Crippen molar-refractivity contribution in [3.63, 3.8) is 0 Å². The summed E-state index contributed by atoms with van der Waals surface area (Å²) in [6, 6.07) is 7.07. The molecule has 1 aliphatic heterocycles. The fraction of sp³-hybridized carbons (Fsp3) is 0.368. The molecule has 1 saturated heterocycles. The lowest BCUT2D eigenvalue weighted by atomic mass is 9.77. The maximum Gasteiger partial charge on any atom is 0.274 e. The molecule has 7 nitrogen and oxygen atoms in total. The number of halogens is 1. The molecule has 0 radical (unpaired) electrons. The van der Waals surface area contributed by atoms with E-state index in [2.05, 4.69) is 9.97 Å². The first-order valence-electron chi connectivity index (χ1n) is 8.69. The van der Waals surface area contributed by atoms with Gasteiger partial charge in [-0.15, -0.1) is 0 Å². The number of ether oxygens (including phenoxy) is 1. The largest absolute Gasteiger partial charge is 0.493 e. The molecule has 1 aliphatic rings. The Morgan fingerprint density at radius 2 is 2.19 bits per heavy atom. The summed E-state index contributed by atoms with van der Waals surface area (Å²) >= 11 is 6.00. The molecule has 2 N–H and O–H groups in total. The van der Waals surface area contributed by atoms with Crippen LogP contribution in [0.5, 0.6) is 5.75 Å². The van der Waals surface area contributed by atoms with E-state index in [-0.39, 0.29) is 24.6 Å². The third-order valence-corrected chi connectivity index (χ3v) is 4.86. The summed E-state index contributed by atoms with van der Waals surface area (Å²) in [5, 5.41) is 0.569. The first kappa shape index (κ1) is 19.1. The highest BCUT2D eigenvalue weighted by Crippen LogP contribution is 2.35. The number of nitrogens with two attached hydrogens (primary N) is 1. The Hall–Kier alpha value is -2.67. The normalized spacial score (nSPS) is 19.5. The highest BCUT2D eigenvalue weighted by molar-refractivity contribution is 6.30. The molecule has 142 valence electrons. The molecule has 0 saturated carbocycles. The van der Waals surface area contributed by atoms with E-state index < -0.39 is 11.3 Å². The molecule has 8 heteroatoms. The van der Waals surface area contributed by atoms with Gasteiger partial charge in [0, 0.05) is 42.3 Å².